The van der Waals surface area contributed by atoms with E-state index in [1.807, 2.05) is 0 Å². The Balaban J connectivity index is 3.15. The van der Waals surface area contributed by atoms with Gasteiger partial charge in [-0.05, 0) is 19.9 Å². The lowest BCUT2D eigenvalue weighted by Crippen LogP contribution is -2.45. The standard InChI is InChI=1S/C10H14N4O3/c1-10(2,9(12)17)14-7-6(8(15)16)3-5(11)4-13-7/h3-4H,11H2,1-2H3,(H2,12,17)(H,13,14)(H,15,16). The number of aromatic nitrogens is 1. The number of carbonyl (C=O) groups is 2. The lowest BCUT2D eigenvalue weighted by atomic mass is 10.0. The summed E-state index contributed by atoms with van der Waals surface area (Å²) in [5.74, 6) is -1.75. The van der Waals surface area contributed by atoms with Crippen molar-refractivity contribution in [1.29, 1.82) is 0 Å². The molecule has 1 amide bonds. The number of hydrogen-bond acceptors (Lipinski definition) is 5. The minimum Gasteiger partial charge on any atom is -0.478 e. The number of aromatic carboxylic acids is 1. The molecule has 0 aliphatic rings. The van der Waals surface area contributed by atoms with Gasteiger partial charge in [-0.25, -0.2) is 9.78 Å². The van der Waals surface area contributed by atoms with E-state index < -0.39 is 17.4 Å². The SMILES string of the molecule is CC(C)(Nc1ncc(N)cc1C(=O)O)C(N)=O. The maximum Gasteiger partial charge on any atom is 0.339 e. The summed E-state index contributed by atoms with van der Waals surface area (Å²) >= 11 is 0. The van der Waals surface area contributed by atoms with Crippen LogP contribution < -0.4 is 16.8 Å². The Labute approximate surface area is 97.8 Å². The smallest absolute Gasteiger partial charge is 0.339 e. The highest BCUT2D eigenvalue weighted by Gasteiger charge is 2.27. The van der Waals surface area contributed by atoms with Gasteiger partial charge >= 0.3 is 5.97 Å². The van der Waals surface area contributed by atoms with Gasteiger partial charge in [-0.1, -0.05) is 0 Å². The lowest BCUT2D eigenvalue weighted by molar-refractivity contribution is -0.121. The van der Waals surface area contributed by atoms with E-state index in [2.05, 4.69) is 10.3 Å². The maximum absolute atomic E-state index is 11.1. The molecule has 1 rings (SSSR count). The first kappa shape index (κ1) is 12.8. The highest BCUT2D eigenvalue weighted by molar-refractivity contribution is 5.95. The molecular formula is C10H14N4O3. The van der Waals surface area contributed by atoms with Crippen LogP contribution in [-0.4, -0.2) is 27.5 Å². The van der Waals surface area contributed by atoms with Crippen molar-refractivity contribution in [2.24, 2.45) is 5.73 Å². The Morgan fingerprint density at radius 3 is 2.53 bits per heavy atom. The first-order valence-electron chi connectivity index (χ1n) is 4.81. The van der Waals surface area contributed by atoms with E-state index in [0.29, 0.717) is 0 Å². The molecule has 0 aromatic carbocycles. The number of amides is 1. The van der Waals surface area contributed by atoms with Crippen molar-refractivity contribution < 1.29 is 14.7 Å². The highest BCUT2D eigenvalue weighted by atomic mass is 16.4. The van der Waals surface area contributed by atoms with Gasteiger partial charge in [-0.15, -0.1) is 0 Å². The fraction of sp³-hybridized carbons (Fsp3) is 0.300. The van der Waals surface area contributed by atoms with E-state index in [9.17, 15) is 9.59 Å². The van der Waals surface area contributed by atoms with Crippen molar-refractivity contribution in [3.63, 3.8) is 0 Å². The minimum atomic E-state index is -1.19. The molecule has 0 saturated carbocycles. The number of nitrogens with zero attached hydrogens (tertiary/aromatic N) is 1. The maximum atomic E-state index is 11.1. The fourth-order valence-electron chi connectivity index (χ4n) is 1.10. The van der Waals surface area contributed by atoms with Crippen LogP contribution in [0.15, 0.2) is 12.3 Å². The van der Waals surface area contributed by atoms with Crippen LogP contribution in [0.3, 0.4) is 0 Å². The molecule has 92 valence electrons. The van der Waals surface area contributed by atoms with Gasteiger partial charge in [0.05, 0.1) is 11.9 Å². The van der Waals surface area contributed by atoms with Gasteiger partial charge in [0.15, 0.2) is 0 Å². The van der Waals surface area contributed by atoms with Crippen molar-refractivity contribution in [3.8, 4) is 0 Å². The molecule has 0 unspecified atom stereocenters. The van der Waals surface area contributed by atoms with Crippen LogP contribution in [0.2, 0.25) is 0 Å². The molecule has 0 aliphatic heterocycles. The Hall–Kier alpha value is -2.31. The molecular weight excluding hydrogens is 224 g/mol. The number of pyridine rings is 1. The Morgan fingerprint density at radius 2 is 2.06 bits per heavy atom. The molecule has 1 aromatic rings. The second kappa shape index (κ2) is 4.28. The number of rotatable bonds is 4. The van der Waals surface area contributed by atoms with Crippen LogP contribution in [0, 0.1) is 0 Å². The summed E-state index contributed by atoms with van der Waals surface area (Å²) in [6, 6.07) is 1.26. The number of carbonyl (C=O) groups excluding carboxylic acids is 1. The average Bonchev–Trinajstić information content (AvgIpc) is 2.19. The zero-order valence-corrected chi connectivity index (χ0v) is 9.52. The number of carboxylic acids is 1. The van der Waals surface area contributed by atoms with Gasteiger partial charge in [-0.3, -0.25) is 4.79 Å². The van der Waals surface area contributed by atoms with E-state index in [4.69, 9.17) is 16.6 Å². The molecule has 1 heterocycles. The number of nitrogen functional groups attached to an aromatic ring is 1. The molecule has 0 atom stereocenters. The quantitative estimate of drug-likeness (QED) is 0.585. The number of anilines is 2. The first-order chi connectivity index (χ1) is 7.74. The molecule has 7 heteroatoms. The summed E-state index contributed by atoms with van der Waals surface area (Å²) in [5, 5.41) is 11.6. The van der Waals surface area contributed by atoms with Gasteiger partial charge in [-0.2, -0.15) is 0 Å². The predicted molar refractivity (Wildman–Crippen MR) is 62.5 cm³/mol. The molecule has 6 N–H and O–H groups in total. The third-order valence-electron chi connectivity index (χ3n) is 2.19. The predicted octanol–water partition coefficient (Wildman–Crippen LogP) is 0.0378. The molecule has 1 aromatic heterocycles. The van der Waals surface area contributed by atoms with Gasteiger partial charge in [0, 0.05) is 0 Å². The number of hydrogen-bond donors (Lipinski definition) is 4. The normalized spacial score (nSPS) is 10.9. The highest BCUT2D eigenvalue weighted by Crippen LogP contribution is 2.19. The van der Waals surface area contributed by atoms with Gasteiger partial charge < -0.3 is 21.9 Å². The Bertz CT molecular complexity index is 471. The molecule has 17 heavy (non-hydrogen) atoms. The van der Waals surface area contributed by atoms with Crippen molar-refractivity contribution in [2.45, 2.75) is 19.4 Å². The number of nitrogens with one attached hydrogen (secondary N) is 1. The van der Waals surface area contributed by atoms with Gasteiger partial charge in [0.1, 0.15) is 16.9 Å². The van der Waals surface area contributed by atoms with E-state index >= 15 is 0 Å². The number of nitrogens with two attached hydrogens (primary N) is 2. The van der Waals surface area contributed by atoms with Crippen LogP contribution in [0.25, 0.3) is 0 Å². The zero-order valence-electron chi connectivity index (χ0n) is 9.52. The molecule has 0 radical (unpaired) electrons. The van der Waals surface area contributed by atoms with Crippen molar-refractivity contribution in [1.82, 2.24) is 4.98 Å². The number of primary amides is 1. The summed E-state index contributed by atoms with van der Waals surface area (Å²) < 4.78 is 0. The molecule has 0 bridgehead atoms. The lowest BCUT2D eigenvalue weighted by Gasteiger charge is -2.23. The van der Waals surface area contributed by atoms with E-state index in [0.717, 1.165) is 0 Å². The molecule has 7 nitrogen and oxygen atoms in total. The van der Waals surface area contributed by atoms with E-state index in [-0.39, 0.29) is 17.1 Å². The summed E-state index contributed by atoms with van der Waals surface area (Å²) in [6.07, 6.45) is 1.30. The second-order valence-electron chi connectivity index (χ2n) is 4.08. The summed E-state index contributed by atoms with van der Waals surface area (Å²) in [5.41, 5.74) is 9.63. The van der Waals surface area contributed by atoms with Crippen molar-refractivity contribution >= 4 is 23.4 Å². The summed E-state index contributed by atoms with van der Waals surface area (Å²) in [6.45, 7) is 3.05. The largest absolute Gasteiger partial charge is 0.478 e. The van der Waals surface area contributed by atoms with E-state index in [1.54, 1.807) is 0 Å². The van der Waals surface area contributed by atoms with Crippen molar-refractivity contribution in [2.75, 3.05) is 11.1 Å². The van der Waals surface area contributed by atoms with Crippen LogP contribution in [0.4, 0.5) is 11.5 Å². The molecule has 0 spiro atoms. The minimum absolute atomic E-state index is 0.0514. The third kappa shape index (κ3) is 2.83. The topological polar surface area (TPSA) is 131 Å². The monoisotopic (exact) mass is 238 g/mol. The molecule has 0 saturated heterocycles. The van der Waals surface area contributed by atoms with Crippen LogP contribution in [0.1, 0.15) is 24.2 Å². The molecule has 0 fully saturated rings. The first-order valence-corrected chi connectivity index (χ1v) is 4.81. The Morgan fingerprint density at radius 1 is 1.47 bits per heavy atom. The third-order valence-corrected chi connectivity index (χ3v) is 2.19. The zero-order chi connectivity index (χ0) is 13.2. The van der Waals surface area contributed by atoms with Crippen LogP contribution in [-0.2, 0) is 4.79 Å². The summed E-state index contributed by atoms with van der Waals surface area (Å²) in [4.78, 5) is 26.0. The van der Waals surface area contributed by atoms with E-state index in [1.165, 1.54) is 26.1 Å². The average molecular weight is 238 g/mol. The summed E-state index contributed by atoms with van der Waals surface area (Å²) in [7, 11) is 0. The fourth-order valence-corrected chi connectivity index (χ4v) is 1.10. The Kier molecular flexibility index (Phi) is 3.21. The van der Waals surface area contributed by atoms with Gasteiger partial charge in [0.25, 0.3) is 0 Å². The number of carboxylic acid groups (broad SMARTS) is 1. The molecule has 0 aliphatic carbocycles. The van der Waals surface area contributed by atoms with Crippen molar-refractivity contribution in [3.05, 3.63) is 17.8 Å². The van der Waals surface area contributed by atoms with Gasteiger partial charge in [0.2, 0.25) is 5.91 Å². The van der Waals surface area contributed by atoms with Crippen LogP contribution in [0.5, 0.6) is 0 Å². The van der Waals surface area contributed by atoms with Crippen LogP contribution >= 0.6 is 0 Å². The second-order valence-corrected chi connectivity index (χ2v) is 4.08.